The molecule has 13 heavy (non-hydrogen) atoms. The number of ketones is 1. The van der Waals surface area contributed by atoms with Gasteiger partial charge in [-0.3, -0.25) is 9.69 Å². The molecule has 0 spiro atoms. The summed E-state index contributed by atoms with van der Waals surface area (Å²) in [7, 11) is 0. The molecular formula is C7H10F3NOS. The van der Waals surface area contributed by atoms with Gasteiger partial charge < -0.3 is 0 Å². The van der Waals surface area contributed by atoms with Crippen LogP contribution < -0.4 is 0 Å². The van der Waals surface area contributed by atoms with Gasteiger partial charge in [-0.25, -0.2) is 0 Å². The molecule has 76 valence electrons. The molecule has 0 saturated carbocycles. The van der Waals surface area contributed by atoms with Crippen molar-refractivity contribution in [3.05, 3.63) is 0 Å². The zero-order chi connectivity index (χ0) is 9.90. The molecule has 0 aliphatic carbocycles. The number of thioether (sulfide) groups is 1. The highest BCUT2D eigenvalue weighted by atomic mass is 32.2. The van der Waals surface area contributed by atoms with Crippen LogP contribution in [0.5, 0.6) is 0 Å². The van der Waals surface area contributed by atoms with Crippen LogP contribution in [0.25, 0.3) is 0 Å². The van der Waals surface area contributed by atoms with E-state index in [1.165, 1.54) is 0 Å². The number of hydrogen-bond donors (Lipinski definition) is 0. The van der Waals surface area contributed by atoms with Crippen LogP contribution in [-0.4, -0.2) is 41.6 Å². The lowest BCUT2D eigenvalue weighted by molar-refractivity contribution is -0.116. The third-order valence-corrected chi connectivity index (χ3v) is 2.49. The molecule has 0 amide bonds. The Bertz CT molecular complexity index is 195. The van der Waals surface area contributed by atoms with Gasteiger partial charge in [0.25, 0.3) is 0 Å². The number of nitrogens with zero attached hydrogens (tertiary/aromatic N) is 1. The first kappa shape index (κ1) is 10.8. The van der Waals surface area contributed by atoms with Gasteiger partial charge in [-0.05, 0) is 11.8 Å². The molecule has 0 aromatic heterocycles. The quantitative estimate of drug-likeness (QED) is 0.708. The summed E-state index contributed by atoms with van der Waals surface area (Å²) in [4.78, 5) is 12.5. The summed E-state index contributed by atoms with van der Waals surface area (Å²) >= 11 is -0.0313. The van der Waals surface area contributed by atoms with Crippen LogP contribution in [0.1, 0.15) is 6.42 Å². The maximum atomic E-state index is 11.7. The second-order valence-corrected chi connectivity index (χ2v) is 4.02. The zero-order valence-corrected chi connectivity index (χ0v) is 7.75. The van der Waals surface area contributed by atoms with Crippen LogP contribution in [0.3, 0.4) is 0 Å². The summed E-state index contributed by atoms with van der Waals surface area (Å²) < 4.78 is 35.1. The third-order valence-electron chi connectivity index (χ3n) is 1.78. The zero-order valence-electron chi connectivity index (χ0n) is 6.93. The lowest BCUT2D eigenvalue weighted by Crippen LogP contribution is -2.24. The molecule has 0 atom stereocenters. The minimum absolute atomic E-state index is 0.0107. The average Bonchev–Trinajstić information content (AvgIpc) is 2.33. The van der Waals surface area contributed by atoms with Crippen molar-refractivity contribution in [1.29, 1.82) is 0 Å². The lowest BCUT2D eigenvalue weighted by Gasteiger charge is -2.13. The van der Waals surface area contributed by atoms with Gasteiger partial charge in [0.05, 0.1) is 6.54 Å². The molecule has 0 N–H and O–H groups in total. The predicted molar refractivity (Wildman–Crippen MR) is 44.6 cm³/mol. The minimum atomic E-state index is -4.15. The maximum absolute atomic E-state index is 11.7. The number of rotatable bonds is 3. The second kappa shape index (κ2) is 4.32. The fourth-order valence-electron chi connectivity index (χ4n) is 1.17. The van der Waals surface area contributed by atoms with Crippen LogP contribution in [0.2, 0.25) is 0 Å². The third kappa shape index (κ3) is 4.52. The van der Waals surface area contributed by atoms with Crippen molar-refractivity contribution < 1.29 is 18.0 Å². The highest BCUT2D eigenvalue weighted by molar-refractivity contribution is 8.00. The van der Waals surface area contributed by atoms with E-state index in [-0.39, 0.29) is 23.3 Å². The fraction of sp³-hybridized carbons (Fsp3) is 0.857. The average molecular weight is 213 g/mol. The lowest BCUT2D eigenvalue weighted by atomic mass is 10.4. The summed E-state index contributed by atoms with van der Waals surface area (Å²) in [6, 6.07) is 0. The van der Waals surface area contributed by atoms with Gasteiger partial charge in [-0.15, -0.1) is 0 Å². The monoisotopic (exact) mass is 213 g/mol. The van der Waals surface area contributed by atoms with Crippen LogP contribution in [0.4, 0.5) is 13.2 Å². The Morgan fingerprint density at radius 3 is 2.62 bits per heavy atom. The van der Waals surface area contributed by atoms with E-state index in [0.717, 1.165) is 0 Å². The number of hydrogen-bond acceptors (Lipinski definition) is 3. The van der Waals surface area contributed by atoms with Crippen molar-refractivity contribution in [2.45, 2.75) is 11.9 Å². The van der Waals surface area contributed by atoms with Gasteiger partial charge in [0, 0.05) is 25.3 Å². The van der Waals surface area contributed by atoms with Crippen LogP contribution >= 0.6 is 11.8 Å². The van der Waals surface area contributed by atoms with Gasteiger partial charge in [0.2, 0.25) is 0 Å². The Morgan fingerprint density at radius 1 is 1.46 bits per heavy atom. The number of carbonyl (C=O) groups is 1. The van der Waals surface area contributed by atoms with E-state index in [1.54, 1.807) is 4.90 Å². The van der Waals surface area contributed by atoms with Gasteiger partial charge in [0.1, 0.15) is 5.78 Å². The van der Waals surface area contributed by atoms with E-state index < -0.39 is 5.51 Å². The number of likely N-dealkylation sites (tertiary alicyclic amines) is 1. The molecule has 1 fully saturated rings. The van der Waals surface area contributed by atoms with E-state index in [0.29, 0.717) is 26.1 Å². The molecule has 6 heteroatoms. The van der Waals surface area contributed by atoms with Gasteiger partial charge in [0.15, 0.2) is 0 Å². The summed E-state index contributed by atoms with van der Waals surface area (Å²) in [5.41, 5.74) is -4.15. The Balaban J connectivity index is 2.10. The maximum Gasteiger partial charge on any atom is 0.441 e. The second-order valence-electron chi connectivity index (χ2n) is 2.86. The van der Waals surface area contributed by atoms with Gasteiger partial charge in [-0.1, -0.05) is 0 Å². The van der Waals surface area contributed by atoms with Crippen LogP contribution in [0.15, 0.2) is 0 Å². The Kier molecular flexibility index (Phi) is 3.61. The molecule has 0 bridgehead atoms. The molecule has 0 aromatic carbocycles. The number of alkyl halides is 3. The van der Waals surface area contributed by atoms with Crippen molar-refractivity contribution in [3.63, 3.8) is 0 Å². The van der Waals surface area contributed by atoms with Crippen molar-refractivity contribution in [3.8, 4) is 0 Å². The molecule has 1 saturated heterocycles. The summed E-state index contributed by atoms with van der Waals surface area (Å²) in [5.74, 6) is 0.133. The van der Waals surface area contributed by atoms with Crippen LogP contribution in [-0.2, 0) is 4.79 Å². The Hall–Kier alpha value is -0.230. The highest BCUT2D eigenvalue weighted by Crippen LogP contribution is 2.29. The highest BCUT2D eigenvalue weighted by Gasteiger charge is 2.28. The van der Waals surface area contributed by atoms with E-state index in [9.17, 15) is 18.0 Å². The molecule has 0 radical (unpaired) electrons. The topological polar surface area (TPSA) is 20.3 Å². The smallest absolute Gasteiger partial charge is 0.298 e. The largest absolute Gasteiger partial charge is 0.441 e. The van der Waals surface area contributed by atoms with Crippen molar-refractivity contribution in [1.82, 2.24) is 4.90 Å². The Labute approximate surface area is 78.5 Å². The molecule has 1 heterocycles. The molecule has 1 aliphatic rings. The summed E-state index contributed by atoms with van der Waals surface area (Å²) in [6.45, 7) is 1.27. The van der Waals surface area contributed by atoms with Crippen molar-refractivity contribution in [2.75, 3.05) is 25.4 Å². The molecule has 1 rings (SSSR count). The van der Waals surface area contributed by atoms with Crippen molar-refractivity contribution in [2.24, 2.45) is 0 Å². The standard InChI is InChI=1S/C7H10F3NOS/c8-7(9,10)13-4-3-11-2-1-6(12)5-11/h1-5H2. The molecule has 0 aromatic rings. The first-order chi connectivity index (χ1) is 5.97. The van der Waals surface area contributed by atoms with Gasteiger partial charge >= 0.3 is 5.51 Å². The normalized spacial score (nSPS) is 19.8. The number of halogens is 3. The number of carbonyl (C=O) groups excluding carboxylic acids is 1. The molecular weight excluding hydrogens is 203 g/mol. The number of Topliss-reactive ketones (excluding diaryl/α,β-unsaturated/α-hetero) is 1. The van der Waals surface area contributed by atoms with E-state index in [1.807, 2.05) is 0 Å². The first-order valence-corrected chi connectivity index (χ1v) is 4.91. The van der Waals surface area contributed by atoms with Gasteiger partial charge in [-0.2, -0.15) is 13.2 Å². The minimum Gasteiger partial charge on any atom is -0.298 e. The van der Waals surface area contributed by atoms with E-state index in [2.05, 4.69) is 0 Å². The van der Waals surface area contributed by atoms with Crippen molar-refractivity contribution >= 4 is 17.5 Å². The molecule has 2 nitrogen and oxygen atoms in total. The SMILES string of the molecule is O=C1CCN(CCSC(F)(F)F)C1. The van der Waals surface area contributed by atoms with Crippen LogP contribution in [0, 0.1) is 0 Å². The summed E-state index contributed by atoms with van der Waals surface area (Å²) in [6.07, 6.45) is 0.483. The van der Waals surface area contributed by atoms with E-state index in [4.69, 9.17) is 0 Å². The van der Waals surface area contributed by atoms with E-state index >= 15 is 0 Å². The molecule has 1 aliphatic heterocycles. The Morgan fingerprint density at radius 2 is 2.15 bits per heavy atom. The fourth-order valence-corrected chi connectivity index (χ4v) is 1.75. The summed E-state index contributed by atoms with van der Waals surface area (Å²) in [5, 5.41) is 0. The first-order valence-electron chi connectivity index (χ1n) is 3.92. The molecule has 0 unspecified atom stereocenters. The predicted octanol–water partition coefficient (Wildman–Crippen LogP) is 1.51.